The molecule has 2 heteroatoms. The third-order valence-electron chi connectivity index (χ3n) is 0.204. The van der Waals surface area contributed by atoms with Gasteiger partial charge in [-0.1, -0.05) is 6.42 Å². The molecule has 0 spiro atoms. The first kappa shape index (κ1) is 4.29. The van der Waals surface area contributed by atoms with E-state index in [0.29, 0.717) is 0 Å². The molecule has 1 nitrogen and oxygen atoms in total. The molecule has 0 rings (SSSR count). The quantitative estimate of drug-likeness (QED) is 0.200. The van der Waals surface area contributed by atoms with Crippen LogP contribution in [0.3, 0.4) is 0 Å². The Hall–Kier alpha value is -0.705. The highest BCUT2D eigenvalue weighted by molar-refractivity contribution is 6.49. The predicted molar refractivity (Wildman–Crippen MR) is 25.9 cm³/mol. The van der Waals surface area contributed by atoms with Crippen molar-refractivity contribution >= 4 is 14.0 Å². The van der Waals surface area contributed by atoms with Crippen molar-refractivity contribution in [2.45, 2.75) is 0 Å². The number of aliphatic imine (C=N–C) groups is 1. The molecule has 24 valence electrons. The Labute approximate surface area is 32.5 Å². The van der Waals surface area contributed by atoms with Crippen molar-refractivity contribution in [1.29, 1.82) is 0 Å². The van der Waals surface area contributed by atoms with E-state index in [1.54, 1.807) is 14.0 Å². The number of rotatable bonds is 0. The minimum Gasteiger partial charge on any atom is -0.221 e. The van der Waals surface area contributed by atoms with Gasteiger partial charge in [0.15, 0.2) is 7.85 Å². The normalized spacial score (nSPS) is 7.80. The molecule has 0 atom stereocenters. The molecule has 0 bridgehead atoms. The van der Waals surface area contributed by atoms with E-state index in [9.17, 15) is 0 Å². The van der Waals surface area contributed by atoms with Crippen molar-refractivity contribution in [2.24, 2.45) is 4.99 Å². The highest BCUT2D eigenvalue weighted by Gasteiger charge is 1.41. The van der Waals surface area contributed by atoms with Gasteiger partial charge in [-0.15, -0.1) is 0 Å². The predicted octanol–water partition coefficient (Wildman–Crippen LogP) is -0.762. The summed E-state index contributed by atoms with van der Waals surface area (Å²) in [6.07, 6.45) is 6.26. The minimum absolute atomic E-state index is 1.57. The lowest BCUT2D eigenvalue weighted by atomic mass is 10.2. The molecule has 0 aliphatic rings. The Morgan fingerprint density at radius 3 is 2.60 bits per heavy atom. The second kappa shape index (κ2) is 3.29. The first-order chi connectivity index (χ1) is 2.41. The third-order valence-corrected chi connectivity index (χ3v) is 0.204. The third kappa shape index (κ3) is 3.29. The molecule has 0 aromatic heterocycles. The minimum atomic E-state index is 1.57. The van der Waals surface area contributed by atoms with Crippen molar-refractivity contribution in [1.82, 2.24) is 0 Å². The van der Waals surface area contributed by atoms with Crippen molar-refractivity contribution < 1.29 is 0 Å². The first-order valence-corrected chi connectivity index (χ1v) is 1.35. The summed E-state index contributed by atoms with van der Waals surface area (Å²) in [7, 11) is 1.78. The summed E-state index contributed by atoms with van der Waals surface area (Å²) in [5.74, 6) is 0. The molecule has 0 N–H and O–H groups in total. The van der Waals surface area contributed by atoms with E-state index in [2.05, 4.69) is 11.0 Å². The molecule has 0 aliphatic heterocycles. The molecule has 0 fully saturated rings. The topological polar surface area (TPSA) is 12.4 Å². The average Bonchev–Trinajstić information content (AvgIpc) is 1.41. The van der Waals surface area contributed by atoms with Crippen LogP contribution in [0.4, 0.5) is 0 Å². The van der Waals surface area contributed by atoms with E-state index in [0.717, 1.165) is 0 Å². The molecular weight excluding hydrogens is 60.9 g/mol. The molecule has 0 amide bonds. The summed E-state index contributed by atoms with van der Waals surface area (Å²) in [5.41, 5.74) is 0. The molecule has 0 aromatic carbocycles. The van der Waals surface area contributed by atoms with Gasteiger partial charge in [0.2, 0.25) is 0 Å². The zero-order valence-corrected chi connectivity index (χ0v) is 3.10. The van der Waals surface area contributed by atoms with Crippen molar-refractivity contribution in [2.75, 3.05) is 0 Å². The Bertz CT molecular complexity index is 69.5. The van der Waals surface area contributed by atoms with E-state index in [-0.39, 0.29) is 0 Å². The van der Waals surface area contributed by atoms with E-state index in [1.807, 2.05) is 0 Å². The van der Waals surface area contributed by atoms with Gasteiger partial charge in [-0.3, -0.25) is 0 Å². The maximum atomic E-state index is 4.69. The van der Waals surface area contributed by atoms with E-state index in [4.69, 9.17) is 6.42 Å². The van der Waals surface area contributed by atoms with Crippen molar-refractivity contribution in [3.8, 4) is 12.5 Å². The fourth-order valence-electron chi connectivity index (χ4n) is 0.0745. The lowest BCUT2D eigenvalue weighted by Gasteiger charge is -1.53. The fraction of sp³-hybridized carbons (Fsp3) is 0. The number of hydrogen-bond donors (Lipinski definition) is 0. The molecule has 0 radical (unpaired) electrons. The Morgan fingerprint density at radius 1 is 2.00 bits per heavy atom. The van der Waals surface area contributed by atoms with Gasteiger partial charge in [0.1, 0.15) is 0 Å². The zero-order chi connectivity index (χ0) is 4.12. The van der Waals surface area contributed by atoms with Crippen molar-refractivity contribution in [3.63, 3.8) is 0 Å². The van der Waals surface area contributed by atoms with Gasteiger partial charge in [-0.05, 0) is 6.11 Å². The van der Waals surface area contributed by atoms with Gasteiger partial charge in [0.25, 0.3) is 0 Å². The summed E-state index contributed by atoms with van der Waals surface area (Å²) in [6.45, 7) is 0. The lowest BCUT2D eigenvalue weighted by molar-refractivity contribution is 1.76. The van der Waals surface area contributed by atoms with Gasteiger partial charge >= 0.3 is 0 Å². The van der Waals surface area contributed by atoms with Gasteiger partial charge in [0, 0.05) is 6.04 Å². The summed E-state index contributed by atoms with van der Waals surface area (Å²) in [4.78, 5) is 3.38. The van der Waals surface area contributed by atoms with Crippen LogP contribution in [-0.4, -0.2) is 14.0 Å². The molecule has 0 aromatic rings. The van der Waals surface area contributed by atoms with Crippen LogP contribution in [-0.2, 0) is 0 Å². The van der Waals surface area contributed by atoms with E-state index in [1.165, 1.54) is 0 Å². The Kier molecular flexibility index (Phi) is 2.83. The van der Waals surface area contributed by atoms with Gasteiger partial charge in [-0.25, -0.2) is 4.99 Å². The Morgan fingerprint density at radius 2 is 2.60 bits per heavy atom. The molecule has 0 unspecified atom stereocenters. The zero-order valence-electron chi connectivity index (χ0n) is 3.10. The molecule has 0 saturated heterocycles. The van der Waals surface area contributed by atoms with Crippen LogP contribution < -0.4 is 0 Å². The highest BCUT2D eigenvalue weighted by Crippen LogP contribution is 1.44. The second-order valence-corrected chi connectivity index (χ2v) is 0.516. The second-order valence-electron chi connectivity index (χ2n) is 0.516. The fourth-order valence-corrected chi connectivity index (χ4v) is 0.0745. The number of nitrogens with zero attached hydrogens (tertiary/aromatic N) is 1. The van der Waals surface area contributed by atoms with Gasteiger partial charge in [0.05, 0.1) is 0 Å². The summed E-state index contributed by atoms with van der Waals surface area (Å²) >= 11 is 0. The maximum Gasteiger partial charge on any atom is 0.155 e. The number of terminal acetylenes is 1. The van der Waals surface area contributed by atoms with E-state index < -0.39 is 0 Å². The number of hydrogen-bond acceptors (Lipinski definition) is 1. The summed E-state index contributed by atoms with van der Waals surface area (Å²) in [5, 5.41) is 0. The summed E-state index contributed by atoms with van der Waals surface area (Å²) in [6, 6.07) is 2.09. The maximum absolute atomic E-state index is 4.69. The molecule has 0 heterocycles. The largest absolute Gasteiger partial charge is 0.221 e. The van der Waals surface area contributed by atoms with Crippen LogP contribution >= 0.6 is 0 Å². The molecule has 0 saturated carbocycles. The van der Waals surface area contributed by atoms with Crippen molar-refractivity contribution in [3.05, 3.63) is 0 Å². The van der Waals surface area contributed by atoms with Crippen LogP contribution in [0, 0.1) is 12.5 Å². The van der Waals surface area contributed by atoms with Gasteiger partial charge < -0.3 is 0 Å². The molecular formula is C3H4BN. The monoisotopic (exact) mass is 65.0 g/mol. The average molecular weight is 64.9 g/mol. The molecule has 0 aliphatic carbocycles. The lowest BCUT2D eigenvalue weighted by Crippen LogP contribution is -1.59. The van der Waals surface area contributed by atoms with Crippen LogP contribution in [0.1, 0.15) is 0 Å². The van der Waals surface area contributed by atoms with E-state index >= 15 is 0 Å². The Balaban J connectivity index is 3.04. The standard InChI is InChI=1S/C3H4BN/c1-2-5-3-4/h1,3H,4H2/b5-3+. The smallest absolute Gasteiger partial charge is 0.155 e. The van der Waals surface area contributed by atoms with Crippen LogP contribution in [0.25, 0.3) is 0 Å². The SMILES string of the molecule is B/C=N/C#C. The van der Waals surface area contributed by atoms with Crippen LogP contribution in [0.2, 0.25) is 0 Å². The highest BCUT2D eigenvalue weighted by atomic mass is 14.6. The molecule has 5 heavy (non-hydrogen) atoms. The van der Waals surface area contributed by atoms with Crippen LogP contribution in [0.15, 0.2) is 4.99 Å². The van der Waals surface area contributed by atoms with Gasteiger partial charge in [-0.2, -0.15) is 0 Å². The first-order valence-electron chi connectivity index (χ1n) is 1.35. The van der Waals surface area contributed by atoms with Crippen LogP contribution in [0.5, 0.6) is 0 Å². The summed E-state index contributed by atoms with van der Waals surface area (Å²) < 4.78 is 0.